The van der Waals surface area contributed by atoms with E-state index in [0.29, 0.717) is 24.7 Å². The van der Waals surface area contributed by atoms with Crippen LogP contribution in [-0.4, -0.2) is 45.9 Å². The minimum Gasteiger partial charge on any atom is -0.496 e. The molecule has 4 rings (SSSR count). The fourth-order valence-corrected chi connectivity index (χ4v) is 3.43. The van der Waals surface area contributed by atoms with Gasteiger partial charge in [-0.1, -0.05) is 18.2 Å². The van der Waals surface area contributed by atoms with Gasteiger partial charge >= 0.3 is 0 Å². The highest BCUT2D eigenvalue weighted by molar-refractivity contribution is 5.92. The van der Waals surface area contributed by atoms with Gasteiger partial charge in [-0.3, -0.25) is 4.79 Å². The SMILES string of the molecule is COc1ccccc1C1(C(=O)NCCNc2cc(-n3ccc(C)n3)ncn2)CC1. The summed E-state index contributed by atoms with van der Waals surface area (Å²) in [6.07, 6.45) is 5.03. The average Bonchev–Trinajstić information content (AvgIpc) is 3.45. The Labute approximate surface area is 169 Å². The number of carbonyl (C=O) groups excluding carboxylic acids is 1. The molecule has 1 fully saturated rings. The fraction of sp³-hybridized carbons (Fsp3) is 0.333. The molecule has 8 heteroatoms. The number of aromatic nitrogens is 4. The zero-order valence-electron chi connectivity index (χ0n) is 16.6. The molecule has 1 aliphatic carbocycles. The third kappa shape index (κ3) is 3.91. The molecule has 8 nitrogen and oxygen atoms in total. The molecule has 150 valence electrons. The van der Waals surface area contributed by atoms with Gasteiger partial charge in [0.2, 0.25) is 5.91 Å². The number of hydrogen-bond donors (Lipinski definition) is 2. The van der Waals surface area contributed by atoms with E-state index in [1.165, 1.54) is 6.33 Å². The Hall–Kier alpha value is -3.42. The van der Waals surface area contributed by atoms with Crippen LogP contribution in [0.25, 0.3) is 5.82 Å². The minimum atomic E-state index is -0.466. The highest BCUT2D eigenvalue weighted by Gasteiger charge is 2.52. The Morgan fingerprint density at radius 3 is 2.76 bits per heavy atom. The zero-order valence-corrected chi connectivity index (χ0v) is 16.6. The molecule has 29 heavy (non-hydrogen) atoms. The maximum atomic E-state index is 12.8. The Morgan fingerprint density at radius 2 is 2.03 bits per heavy atom. The predicted octanol–water partition coefficient (Wildman–Crippen LogP) is 2.24. The van der Waals surface area contributed by atoms with Crippen LogP contribution in [0.4, 0.5) is 5.82 Å². The van der Waals surface area contributed by atoms with Gasteiger partial charge in [0, 0.05) is 30.9 Å². The minimum absolute atomic E-state index is 0.0409. The molecule has 3 aromatic rings. The van der Waals surface area contributed by atoms with Gasteiger partial charge in [-0.25, -0.2) is 14.6 Å². The number of benzene rings is 1. The van der Waals surface area contributed by atoms with Crippen LogP contribution >= 0.6 is 0 Å². The molecule has 1 saturated carbocycles. The number of aryl methyl sites for hydroxylation is 1. The summed E-state index contributed by atoms with van der Waals surface area (Å²) >= 11 is 0. The molecule has 0 atom stereocenters. The summed E-state index contributed by atoms with van der Waals surface area (Å²) in [6.45, 7) is 2.98. The van der Waals surface area contributed by atoms with Crippen molar-refractivity contribution < 1.29 is 9.53 Å². The van der Waals surface area contributed by atoms with Crippen molar-refractivity contribution in [2.75, 3.05) is 25.5 Å². The first-order valence-corrected chi connectivity index (χ1v) is 9.63. The van der Waals surface area contributed by atoms with Crippen LogP contribution in [0.5, 0.6) is 5.75 Å². The van der Waals surface area contributed by atoms with Crippen molar-refractivity contribution in [2.45, 2.75) is 25.2 Å². The van der Waals surface area contributed by atoms with E-state index in [4.69, 9.17) is 4.74 Å². The third-order valence-electron chi connectivity index (χ3n) is 5.13. The smallest absolute Gasteiger partial charge is 0.230 e. The number of ether oxygens (including phenoxy) is 1. The van der Waals surface area contributed by atoms with Crippen molar-refractivity contribution in [2.24, 2.45) is 0 Å². The first-order valence-electron chi connectivity index (χ1n) is 9.63. The van der Waals surface area contributed by atoms with E-state index in [9.17, 15) is 4.79 Å². The Balaban J connectivity index is 1.32. The summed E-state index contributed by atoms with van der Waals surface area (Å²) in [5, 5.41) is 10.6. The average molecular weight is 392 g/mol. The molecule has 0 aliphatic heterocycles. The molecule has 2 aromatic heterocycles. The lowest BCUT2D eigenvalue weighted by molar-refractivity contribution is -0.123. The lowest BCUT2D eigenvalue weighted by atomic mass is 9.94. The van der Waals surface area contributed by atoms with Gasteiger partial charge < -0.3 is 15.4 Å². The molecule has 0 radical (unpaired) electrons. The summed E-state index contributed by atoms with van der Waals surface area (Å²) in [5.74, 6) is 2.18. The van der Waals surface area contributed by atoms with E-state index >= 15 is 0 Å². The largest absolute Gasteiger partial charge is 0.496 e. The number of anilines is 1. The van der Waals surface area contributed by atoms with E-state index < -0.39 is 5.41 Å². The lowest BCUT2D eigenvalue weighted by Gasteiger charge is -2.18. The Morgan fingerprint density at radius 1 is 1.21 bits per heavy atom. The van der Waals surface area contributed by atoms with Crippen LogP contribution in [0.1, 0.15) is 24.1 Å². The van der Waals surface area contributed by atoms with Gasteiger partial charge in [0.25, 0.3) is 0 Å². The van der Waals surface area contributed by atoms with Gasteiger partial charge in [0.1, 0.15) is 17.9 Å². The van der Waals surface area contributed by atoms with Crippen LogP contribution in [0, 0.1) is 6.92 Å². The second kappa shape index (κ2) is 7.90. The van der Waals surface area contributed by atoms with E-state index in [1.807, 2.05) is 49.5 Å². The topological polar surface area (TPSA) is 94.0 Å². The first kappa shape index (κ1) is 18.9. The number of amides is 1. The van der Waals surface area contributed by atoms with E-state index in [-0.39, 0.29) is 5.91 Å². The molecule has 2 heterocycles. The van der Waals surface area contributed by atoms with Crippen molar-refractivity contribution in [3.63, 3.8) is 0 Å². The first-order chi connectivity index (χ1) is 14.1. The summed E-state index contributed by atoms with van der Waals surface area (Å²) in [6, 6.07) is 11.5. The zero-order chi connectivity index (χ0) is 20.3. The normalized spacial score (nSPS) is 14.3. The molecule has 1 aromatic carbocycles. The molecule has 2 N–H and O–H groups in total. The second-order valence-corrected chi connectivity index (χ2v) is 7.13. The van der Waals surface area contributed by atoms with Crippen molar-refractivity contribution in [3.05, 3.63) is 60.2 Å². The number of carbonyl (C=O) groups is 1. The quantitative estimate of drug-likeness (QED) is 0.571. The second-order valence-electron chi connectivity index (χ2n) is 7.13. The van der Waals surface area contributed by atoms with Crippen LogP contribution < -0.4 is 15.4 Å². The van der Waals surface area contributed by atoms with Crippen molar-refractivity contribution in [1.82, 2.24) is 25.1 Å². The summed E-state index contributed by atoms with van der Waals surface area (Å²) < 4.78 is 7.14. The standard InChI is InChI=1S/C21H24N6O2/c1-15-7-12-27(26-15)19-13-18(24-14-25-19)22-10-11-23-20(28)21(8-9-21)16-5-3-4-6-17(16)29-2/h3-7,12-14H,8-11H2,1-2H3,(H,23,28)(H,22,24,25). The maximum Gasteiger partial charge on any atom is 0.230 e. The van der Waals surface area contributed by atoms with Crippen LogP contribution in [0.2, 0.25) is 0 Å². The number of hydrogen-bond acceptors (Lipinski definition) is 6. The number of methoxy groups -OCH3 is 1. The molecule has 0 unspecified atom stereocenters. The summed E-state index contributed by atoms with van der Waals surface area (Å²) in [4.78, 5) is 21.3. The maximum absolute atomic E-state index is 12.8. The third-order valence-corrected chi connectivity index (χ3v) is 5.13. The van der Waals surface area contributed by atoms with Crippen LogP contribution in [0.15, 0.2) is 48.9 Å². The molecule has 0 bridgehead atoms. The van der Waals surface area contributed by atoms with Gasteiger partial charge in [0.05, 0.1) is 18.2 Å². The molecule has 0 spiro atoms. The number of nitrogens with zero attached hydrogens (tertiary/aromatic N) is 4. The lowest BCUT2D eigenvalue weighted by Crippen LogP contribution is -2.37. The Bertz CT molecular complexity index is 1010. The molecule has 1 aliphatic rings. The van der Waals surface area contributed by atoms with Crippen molar-refractivity contribution >= 4 is 11.7 Å². The van der Waals surface area contributed by atoms with Crippen LogP contribution in [-0.2, 0) is 10.2 Å². The van der Waals surface area contributed by atoms with E-state index in [1.54, 1.807) is 11.8 Å². The number of nitrogens with one attached hydrogen (secondary N) is 2. The van der Waals surface area contributed by atoms with Gasteiger partial charge in [-0.2, -0.15) is 5.10 Å². The molecular weight excluding hydrogens is 368 g/mol. The summed E-state index contributed by atoms with van der Waals surface area (Å²) in [7, 11) is 1.64. The molecular formula is C21H24N6O2. The Kier molecular flexibility index (Phi) is 5.16. The number of para-hydroxylation sites is 1. The molecule has 1 amide bonds. The highest BCUT2D eigenvalue weighted by atomic mass is 16.5. The molecule has 0 saturated heterocycles. The van der Waals surface area contributed by atoms with Crippen molar-refractivity contribution in [3.8, 4) is 11.6 Å². The van der Waals surface area contributed by atoms with E-state index in [0.717, 1.165) is 29.8 Å². The highest BCUT2D eigenvalue weighted by Crippen LogP contribution is 2.51. The van der Waals surface area contributed by atoms with Gasteiger partial charge in [-0.05, 0) is 31.9 Å². The fourth-order valence-electron chi connectivity index (χ4n) is 3.43. The predicted molar refractivity (Wildman–Crippen MR) is 109 cm³/mol. The van der Waals surface area contributed by atoms with Gasteiger partial charge in [-0.15, -0.1) is 0 Å². The summed E-state index contributed by atoms with van der Waals surface area (Å²) in [5.41, 5.74) is 1.42. The number of rotatable bonds is 8. The van der Waals surface area contributed by atoms with Crippen molar-refractivity contribution in [1.29, 1.82) is 0 Å². The van der Waals surface area contributed by atoms with Crippen LogP contribution in [0.3, 0.4) is 0 Å². The monoisotopic (exact) mass is 392 g/mol. The van der Waals surface area contributed by atoms with E-state index in [2.05, 4.69) is 25.7 Å². The van der Waals surface area contributed by atoms with Gasteiger partial charge in [0.15, 0.2) is 5.82 Å².